The first-order valence-corrected chi connectivity index (χ1v) is 6.02. The van der Waals surface area contributed by atoms with Gasteiger partial charge in [0.1, 0.15) is 0 Å². The molecule has 3 heteroatoms. The van der Waals surface area contributed by atoms with Crippen molar-refractivity contribution < 1.29 is 4.74 Å². The Morgan fingerprint density at radius 1 is 1.27 bits per heavy atom. The van der Waals surface area contributed by atoms with Gasteiger partial charge in [0.15, 0.2) is 0 Å². The van der Waals surface area contributed by atoms with Gasteiger partial charge in [0.05, 0.1) is 18.1 Å². The summed E-state index contributed by atoms with van der Waals surface area (Å²) in [5.41, 5.74) is 0. The summed E-state index contributed by atoms with van der Waals surface area (Å²) in [6.45, 7) is 0. The van der Waals surface area contributed by atoms with Crippen molar-refractivity contribution in [2.75, 3.05) is 7.11 Å². The van der Waals surface area contributed by atoms with E-state index in [0.717, 1.165) is 19.3 Å². The quantitative estimate of drug-likeness (QED) is 0.769. The van der Waals surface area contributed by atoms with Crippen LogP contribution in [-0.4, -0.2) is 25.3 Å². The van der Waals surface area contributed by atoms with Crippen LogP contribution in [0.5, 0.6) is 0 Å². The average Bonchev–Trinajstić information content (AvgIpc) is 2.87. The van der Waals surface area contributed by atoms with Crippen LogP contribution in [0.2, 0.25) is 0 Å². The maximum Gasteiger partial charge on any atom is 0.0672 e. The summed E-state index contributed by atoms with van der Waals surface area (Å²) in [4.78, 5) is 0. The van der Waals surface area contributed by atoms with Crippen LogP contribution in [0.25, 0.3) is 0 Å². The average molecular weight is 208 g/mol. The van der Waals surface area contributed by atoms with Gasteiger partial charge >= 0.3 is 0 Å². The topological polar surface area (TPSA) is 45.0 Å². The van der Waals surface area contributed by atoms with Gasteiger partial charge in [-0.2, -0.15) is 5.26 Å². The maximum atomic E-state index is 8.99. The van der Waals surface area contributed by atoms with Gasteiger partial charge in [0, 0.05) is 19.2 Å². The Hall–Kier alpha value is -0.590. The van der Waals surface area contributed by atoms with Crippen LogP contribution in [0.1, 0.15) is 38.5 Å². The minimum Gasteiger partial charge on any atom is -0.381 e. The molecule has 3 nitrogen and oxygen atoms in total. The molecule has 4 unspecified atom stereocenters. The highest BCUT2D eigenvalue weighted by Crippen LogP contribution is 2.28. The fourth-order valence-electron chi connectivity index (χ4n) is 2.92. The summed E-state index contributed by atoms with van der Waals surface area (Å²) >= 11 is 0. The van der Waals surface area contributed by atoms with E-state index < -0.39 is 0 Å². The minimum absolute atomic E-state index is 0.242. The molecule has 0 bridgehead atoms. The normalized spacial score (nSPS) is 40.5. The van der Waals surface area contributed by atoms with E-state index in [1.165, 1.54) is 19.3 Å². The Morgan fingerprint density at radius 2 is 2.13 bits per heavy atom. The first-order valence-electron chi connectivity index (χ1n) is 6.02. The van der Waals surface area contributed by atoms with Crippen molar-refractivity contribution >= 4 is 0 Å². The van der Waals surface area contributed by atoms with Gasteiger partial charge in [-0.25, -0.2) is 0 Å². The summed E-state index contributed by atoms with van der Waals surface area (Å²) < 4.78 is 5.35. The number of hydrogen-bond donors (Lipinski definition) is 1. The van der Waals surface area contributed by atoms with Gasteiger partial charge in [0.25, 0.3) is 0 Å². The highest BCUT2D eigenvalue weighted by molar-refractivity contribution is 4.98. The smallest absolute Gasteiger partial charge is 0.0672 e. The van der Waals surface area contributed by atoms with Crippen LogP contribution in [0, 0.1) is 17.2 Å². The molecule has 2 saturated carbocycles. The standard InChI is InChI=1S/C12H20N2O/c1-15-11-6-5-10(7-11)14-12-4-2-3-9(12)8-13/h9-12,14H,2-7H2,1H3. The third kappa shape index (κ3) is 2.50. The van der Waals surface area contributed by atoms with Crippen molar-refractivity contribution in [3.63, 3.8) is 0 Å². The van der Waals surface area contributed by atoms with Crippen molar-refractivity contribution in [3.8, 4) is 6.07 Å². The number of rotatable bonds is 3. The predicted octanol–water partition coefficient (Wildman–Crippen LogP) is 1.84. The van der Waals surface area contributed by atoms with Crippen LogP contribution in [-0.2, 0) is 4.74 Å². The molecule has 2 aliphatic rings. The van der Waals surface area contributed by atoms with Crippen molar-refractivity contribution in [1.82, 2.24) is 5.32 Å². The Kier molecular flexibility index (Phi) is 3.61. The van der Waals surface area contributed by atoms with Gasteiger partial charge < -0.3 is 10.1 Å². The third-order valence-corrected chi connectivity index (χ3v) is 3.85. The first-order chi connectivity index (χ1) is 7.33. The molecule has 0 amide bonds. The lowest BCUT2D eigenvalue weighted by atomic mass is 10.0. The molecule has 4 atom stereocenters. The molecule has 2 rings (SSSR count). The lowest BCUT2D eigenvalue weighted by Crippen LogP contribution is -2.39. The molecule has 2 aliphatic carbocycles. The van der Waals surface area contributed by atoms with Gasteiger partial charge in [-0.15, -0.1) is 0 Å². The molecule has 0 aromatic carbocycles. The first kappa shape index (κ1) is 10.9. The van der Waals surface area contributed by atoms with Gasteiger partial charge in [-0.1, -0.05) is 6.42 Å². The lowest BCUT2D eigenvalue weighted by Gasteiger charge is -2.21. The monoisotopic (exact) mass is 208 g/mol. The van der Waals surface area contributed by atoms with Crippen LogP contribution < -0.4 is 5.32 Å². The van der Waals surface area contributed by atoms with E-state index in [9.17, 15) is 0 Å². The molecular formula is C12H20N2O. The van der Waals surface area contributed by atoms with Crippen LogP contribution in [0.4, 0.5) is 0 Å². The molecule has 0 aromatic rings. The van der Waals surface area contributed by atoms with E-state index in [2.05, 4.69) is 11.4 Å². The fourth-order valence-corrected chi connectivity index (χ4v) is 2.92. The van der Waals surface area contributed by atoms with E-state index in [0.29, 0.717) is 18.2 Å². The molecule has 1 N–H and O–H groups in total. The molecule has 84 valence electrons. The molecular weight excluding hydrogens is 188 g/mol. The van der Waals surface area contributed by atoms with Gasteiger partial charge in [0.2, 0.25) is 0 Å². The number of ether oxygens (including phenoxy) is 1. The predicted molar refractivity (Wildman–Crippen MR) is 58.3 cm³/mol. The Balaban J connectivity index is 1.80. The third-order valence-electron chi connectivity index (χ3n) is 3.85. The second kappa shape index (κ2) is 4.96. The van der Waals surface area contributed by atoms with Crippen molar-refractivity contribution in [1.29, 1.82) is 5.26 Å². The largest absolute Gasteiger partial charge is 0.381 e. The van der Waals surface area contributed by atoms with E-state index in [4.69, 9.17) is 10.00 Å². The highest BCUT2D eigenvalue weighted by atomic mass is 16.5. The van der Waals surface area contributed by atoms with E-state index in [1.807, 2.05) is 0 Å². The summed E-state index contributed by atoms with van der Waals surface area (Å²) in [5, 5.41) is 12.6. The zero-order valence-electron chi connectivity index (χ0n) is 9.41. The molecule has 0 aromatic heterocycles. The summed E-state index contributed by atoms with van der Waals surface area (Å²) in [6, 6.07) is 3.44. The molecule has 0 saturated heterocycles. The van der Waals surface area contributed by atoms with Crippen molar-refractivity contribution in [3.05, 3.63) is 0 Å². The summed E-state index contributed by atoms with van der Waals surface area (Å²) in [5.74, 6) is 0.242. The van der Waals surface area contributed by atoms with Crippen LogP contribution in [0.15, 0.2) is 0 Å². The lowest BCUT2D eigenvalue weighted by molar-refractivity contribution is 0.106. The van der Waals surface area contributed by atoms with Gasteiger partial charge in [-0.3, -0.25) is 0 Å². The van der Waals surface area contributed by atoms with E-state index in [-0.39, 0.29) is 5.92 Å². The molecule has 0 aliphatic heterocycles. The SMILES string of the molecule is COC1CCC(NC2CCCC2C#N)C1. The zero-order valence-corrected chi connectivity index (χ0v) is 9.41. The van der Waals surface area contributed by atoms with Crippen molar-refractivity contribution in [2.24, 2.45) is 5.92 Å². The summed E-state index contributed by atoms with van der Waals surface area (Å²) in [7, 11) is 1.79. The Bertz CT molecular complexity index is 248. The van der Waals surface area contributed by atoms with E-state index >= 15 is 0 Å². The highest BCUT2D eigenvalue weighted by Gasteiger charge is 2.32. The minimum atomic E-state index is 0.242. The second-order valence-electron chi connectivity index (χ2n) is 4.81. The number of nitrogens with zero attached hydrogens (tertiary/aromatic N) is 1. The number of nitrogens with one attached hydrogen (secondary N) is 1. The maximum absolute atomic E-state index is 8.99. The molecule has 2 fully saturated rings. The number of hydrogen-bond acceptors (Lipinski definition) is 3. The fraction of sp³-hybridized carbons (Fsp3) is 0.917. The van der Waals surface area contributed by atoms with Crippen LogP contribution >= 0.6 is 0 Å². The van der Waals surface area contributed by atoms with Crippen molar-refractivity contribution in [2.45, 2.75) is 56.7 Å². The molecule has 0 spiro atoms. The van der Waals surface area contributed by atoms with Crippen LogP contribution in [0.3, 0.4) is 0 Å². The molecule has 0 radical (unpaired) electrons. The molecule has 0 heterocycles. The van der Waals surface area contributed by atoms with E-state index in [1.54, 1.807) is 7.11 Å². The number of nitriles is 1. The Labute approximate surface area is 91.8 Å². The van der Waals surface area contributed by atoms with Gasteiger partial charge in [-0.05, 0) is 32.1 Å². The molecule has 15 heavy (non-hydrogen) atoms. The summed E-state index contributed by atoms with van der Waals surface area (Å²) in [6.07, 6.45) is 7.37. The zero-order chi connectivity index (χ0) is 10.7. The number of methoxy groups -OCH3 is 1. The Morgan fingerprint density at radius 3 is 2.80 bits per heavy atom. The second-order valence-corrected chi connectivity index (χ2v) is 4.81.